The molecule has 0 fully saturated rings. The molecule has 0 aliphatic carbocycles. The van der Waals surface area contributed by atoms with Crippen molar-refractivity contribution in [3.8, 4) is 11.5 Å². The minimum absolute atomic E-state index is 0.0502. The fourth-order valence-electron chi connectivity index (χ4n) is 1.04. The Hall–Kier alpha value is -1.42. The number of methoxy groups -OCH3 is 1. The summed E-state index contributed by atoms with van der Waals surface area (Å²) >= 11 is 0. The van der Waals surface area contributed by atoms with Crippen LogP contribution in [0.5, 0.6) is 11.5 Å². The molecule has 3 N–H and O–H groups in total. The van der Waals surface area contributed by atoms with Crippen molar-refractivity contribution < 1.29 is 14.6 Å². The number of aromatic hydroxyl groups is 1. The van der Waals surface area contributed by atoms with Crippen LogP contribution in [-0.2, 0) is 4.74 Å². The van der Waals surface area contributed by atoms with Gasteiger partial charge in [0.15, 0.2) is 0 Å². The van der Waals surface area contributed by atoms with Gasteiger partial charge in [0.1, 0.15) is 17.2 Å². The van der Waals surface area contributed by atoms with E-state index in [0.717, 1.165) is 6.42 Å². The first kappa shape index (κ1) is 10.7. The van der Waals surface area contributed by atoms with Gasteiger partial charge in [-0.2, -0.15) is 0 Å². The molecule has 0 unspecified atom stereocenters. The Labute approximate surface area is 83.3 Å². The molecule has 14 heavy (non-hydrogen) atoms. The quantitative estimate of drug-likeness (QED) is 0.425. The lowest BCUT2D eigenvalue weighted by atomic mass is 10.3. The number of benzene rings is 1. The Kier molecular flexibility index (Phi) is 4.07. The third-order valence-corrected chi connectivity index (χ3v) is 1.79. The van der Waals surface area contributed by atoms with E-state index < -0.39 is 0 Å². The van der Waals surface area contributed by atoms with Crippen LogP contribution in [0.4, 0.5) is 5.69 Å². The van der Waals surface area contributed by atoms with Gasteiger partial charge in [-0.15, -0.1) is 0 Å². The highest BCUT2D eigenvalue weighted by atomic mass is 16.5. The molecular formula is C10H15NO3. The molecule has 4 nitrogen and oxygen atoms in total. The van der Waals surface area contributed by atoms with Crippen LogP contribution < -0.4 is 10.5 Å². The molecule has 1 aromatic carbocycles. The molecule has 0 amide bonds. The lowest BCUT2D eigenvalue weighted by Crippen LogP contribution is -2.03. The first-order chi connectivity index (χ1) is 6.75. The highest BCUT2D eigenvalue weighted by Gasteiger charge is 2.03. The summed E-state index contributed by atoms with van der Waals surface area (Å²) in [6.45, 7) is 1.18. The number of nitrogen functional groups attached to an aromatic ring is 1. The number of phenols is 1. The smallest absolute Gasteiger partial charge is 0.145 e. The molecule has 0 aromatic heterocycles. The van der Waals surface area contributed by atoms with Crippen LogP contribution in [0.2, 0.25) is 0 Å². The van der Waals surface area contributed by atoms with Gasteiger partial charge in [0, 0.05) is 20.1 Å². The van der Waals surface area contributed by atoms with Gasteiger partial charge in [-0.05, 0) is 12.1 Å². The summed E-state index contributed by atoms with van der Waals surface area (Å²) in [6.07, 6.45) is 0.797. The van der Waals surface area contributed by atoms with Crippen LogP contribution in [0.3, 0.4) is 0 Å². The molecule has 0 radical (unpaired) electrons. The van der Waals surface area contributed by atoms with Crippen molar-refractivity contribution in [1.29, 1.82) is 0 Å². The van der Waals surface area contributed by atoms with Crippen LogP contribution in [0.15, 0.2) is 18.2 Å². The van der Waals surface area contributed by atoms with E-state index in [1.165, 1.54) is 6.07 Å². The van der Waals surface area contributed by atoms with Crippen molar-refractivity contribution >= 4 is 5.69 Å². The van der Waals surface area contributed by atoms with Crippen LogP contribution in [-0.4, -0.2) is 25.4 Å². The number of phenolic OH excluding ortho intramolecular Hbond substituents is 1. The molecule has 1 rings (SSSR count). The van der Waals surface area contributed by atoms with Crippen molar-refractivity contribution in [3.63, 3.8) is 0 Å². The normalized spacial score (nSPS) is 10.1. The van der Waals surface area contributed by atoms with Crippen molar-refractivity contribution in [2.24, 2.45) is 0 Å². The third kappa shape index (κ3) is 2.81. The fraction of sp³-hybridized carbons (Fsp3) is 0.400. The summed E-state index contributed by atoms with van der Waals surface area (Å²) in [5.74, 6) is 0.565. The molecule has 0 saturated carbocycles. The average molecular weight is 197 g/mol. The summed E-state index contributed by atoms with van der Waals surface area (Å²) in [4.78, 5) is 0. The van der Waals surface area contributed by atoms with E-state index in [1.54, 1.807) is 19.2 Å². The lowest BCUT2D eigenvalue weighted by molar-refractivity contribution is 0.172. The predicted molar refractivity (Wildman–Crippen MR) is 54.5 cm³/mol. The van der Waals surface area contributed by atoms with Crippen LogP contribution in [0.1, 0.15) is 6.42 Å². The molecule has 1 aromatic rings. The lowest BCUT2D eigenvalue weighted by Gasteiger charge is -2.09. The summed E-state index contributed by atoms with van der Waals surface area (Å²) in [5.41, 5.74) is 5.87. The monoisotopic (exact) mass is 197 g/mol. The van der Waals surface area contributed by atoms with Gasteiger partial charge in [0.2, 0.25) is 0 Å². The van der Waals surface area contributed by atoms with E-state index in [4.69, 9.17) is 15.2 Å². The van der Waals surface area contributed by atoms with Gasteiger partial charge >= 0.3 is 0 Å². The number of hydrogen-bond acceptors (Lipinski definition) is 4. The van der Waals surface area contributed by atoms with Gasteiger partial charge < -0.3 is 20.3 Å². The highest BCUT2D eigenvalue weighted by molar-refractivity contribution is 5.61. The zero-order valence-corrected chi connectivity index (χ0v) is 8.19. The molecule has 0 heterocycles. The van der Waals surface area contributed by atoms with E-state index in [-0.39, 0.29) is 11.4 Å². The SMILES string of the molecule is COCCCOc1cccc(O)c1N. The Morgan fingerprint density at radius 3 is 2.86 bits per heavy atom. The molecule has 0 aliphatic heterocycles. The van der Waals surface area contributed by atoms with E-state index in [0.29, 0.717) is 19.0 Å². The maximum atomic E-state index is 9.27. The second kappa shape index (κ2) is 5.34. The number of hydrogen-bond donors (Lipinski definition) is 2. The van der Waals surface area contributed by atoms with E-state index in [2.05, 4.69) is 0 Å². The van der Waals surface area contributed by atoms with Gasteiger partial charge in [0.25, 0.3) is 0 Å². The van der Waals surface area contributed by atoms with E-state index in [9.17, 15) is 5.11 Å². The van der Waals surface area contributed by atoms with Crippen LogP contribution in [0.25, 0.3) is 0 Å². The summed E-state index contributed by atoms with van der Waals surface area (Å²) in [5, 5.41) is 9.27. The summed E-state index contributed by atoms with van der Waals surface area (Å²) in [6, 6.07) is 4.94. The topological polar surface area (TPSA) is 64.7 Å². The largest absolute Gasteiger partial charge is 0.506 e. The van der Waals surface area contributed by atoms with Crippen LogP contribution >= 0.6 is 0 Å². The van der Waals surface area contributed by atoms with Gasteiger partial charge in [-0.25, -0.2) is 0 Å². The van der Waals surface area contributed by atoms with E-state index >= 15 is 0 Å². The van der Waals surface area contributed by atoms with Gasteiger partial charge in [0.05, 0.1) is 6.61 Å². The van der Waals surface area contributed by atoms with Crippen molar-refractivity contribution in [1.82, 2.24) is 0 Å². The third-order valence-electron chi connectivity index (χ3n) is 1.79. The van der Waals surface area contributed by atoms with Crippen LogP contribution in [0, 0.1) is 0 Å². The highest BCUT2D eigenvalue weighted by Crippen LogP contribution is 2.29. The van der Waals surface area contributed by atoms with Crippen molar-refractivity contribution in [3.05, 3.63) is 18.2 Å². The molecule has 0 spiro atoms. The summed E-state index contributed by atoms with van der Waals surface area (Å²) in [7, 11) is 1.64. The Balaban J connectivity index is 2.46. The number of ether oxygens (including phenoxy) is 2. The fourth-order valence-corrected chi connectivity index (χ4v) is 1.04. The number of para-hydroxylation sites is 1. The second-order valence-electron chi connectivity index (χ2n) is 2.88. The zero-order chi connectivity index (χ0) is 10.4. The van der Waals surface area contributed by atoms with Crippen molar-refractivity contribution in [2.75, 3.05) is 26.1 Å². The molecular weight excluding hydrogens is 182 g/mol. The molecule has 0 aliphatic rings. The van der Waals surface area contributed by atoms with Gasteiger partial charge in [-0.1, -0.05) is 6.07 Å². The average Bonchev–Trinajstić information content (AvgIpc) is 2.19. The minimum Gasteiger partial charge on any atom is -0.506 e. The Bertz CT molecular complexity index is 289. The van der Waals surface area contributed by atoms with E-state index in [1.807, 2.05) is 0 Å². The number of rotatable bonds is 5. The second-order valence-corrected chi connectivity index (χ2v) is 2.88. The first-order valence-electron chi connectivity index (χ1n) is 4.45. The Morgan fingerprint density at radius 1 is 1.36 bits per heavy atom. The maximum Gasteiger partial charge on any atom is 0.145 e. The van der Waals surface area contributed by atoms with Gasteiger partial charge in [-0.3, -0.25) is 0 Å². The molecule has 0 bridgehead atoms. The number of anilines is 1. The maximum absolute atomic E-state index is 9.27. The standard InChI is InChI=1S/C10H15NO3/c1-13-6-3-7-14-9-5-2-4-8(12)10(9)11/h2,4-5,12H,3,6-7,11H2,1H3. The first-order valence-corrected chi connectivity index (χ1v) is 4.45. The molecule has 4 heteroatoms. The molecule has 0 atom stereocenters. The minimum atomic E-state index is 0.0502. The zero-order valence-electron chi connectivity index (χ0n) is 8.19. The van der Waals surface area contributed by atoms with Crippen molar-refractivity contribution in [2.45, 2.75) is 6.42 Å². The summed E-state index contributed by atoms with van der Waals surface area (Å²) < 4.78 is 10.2. The molecule has 78 valence electrons. The molecule has 0 saturated heterocycles. The Morgan fingerprint density at radius 2 is 2.14 bits per heavy atom. The predicted octanol–water partition coefficient (Wildman–Crippen LogP) is 1.39. The number of nitrogens with two attached hydrogens (primary N) is 1.